The molecule has 0 radical (unpaired) electrons. The van der Waals surface area contributed by atoms with Crippen molar-refractivity contribution in [3.8, 4) is 17.1 Å². The lowest BCUT2D eigenvalue weighted by Crippen LogP contribution is -2.03. The molecule has 0 aromatic carbocycles. The topological polar surface area (TPSA) is 60.0 Å². The van der Waals surface area contributed by atoms with Gasteiger partial charge < -0.3 is 5.32 Å². The molecule has 6 nitrogen and oxygen atoms in total. The van der Waals surface area contributed by atoms with Crippen LogP contribution in [0.2, 0.25) is 0 Å². The fourth-order valence-corrected chi connectivity index (χ4v) is 2.61. The van der Waals surface area contributed by atoms with E-state index in [9.17, 15) is 0 Å². The first-order valence-corrected chi connectivity index (χ1v) is 7.40. The van der Waals surface area contributed by atoms with Gasteiger partial charge in [0.25, 0.3) is 0 Å². The van der Waals surface area contributed by atoms with Crippen molar-refractivity contribution in [2.45, 2.75) is 6.92 Å². The summed E-state index contributed by atoms with van der Waals surface area (Å²) in [6.07, 6.45) is 3.74. The third-order valence-electron chi connectivity index (χ3n) is 3.75. The molecule has 0 bridgehead atoms. The molecule has 4 aromatic rings. The number of fused-ring (bicyclic) bond motifs is 1. The largest absolute Gasteiger partial charge is 0.372 e. The molecule has 23 heavy (non-hydrogen) atoms. The molecule has 0 aliphatic rings. The number of aryl methyl sites for hydroxylation is 1. The molecule has 0 amide bonds. The lowest BCUT2D eigenvalue weighted by atomic mass is 10.2. The summed E-state index contributed by atoms with van der Waals surface area (Å²) in [5.41, 5.74) is 4.05. The molecular formula is C17H16N6. The quantitative estimate of drug-likeness (QED) is 0.632. The van der Waals surface area contributed by atoms with Crippen LogP contribution in [-0.4, -0.2) is 31.4 Å². The molecule has 0 saturated heterocycles. The van der Waals surface area contributed by atoms with Crippen LogP contribution in [-0.2, 0) is 0 Å². The van der Waals surface area contributed by atoms with Crippen molar-refractivity contribution in [3.05, 3.63) is 60.6 Å². The smallest absolute Gasteiger partial charge is 0.154 e. The standard InChI is InChI=1S/C17H16N6/c1-12-4-3-5-17(20-12)23-15(11-16(18-2)21-23)13-7-9-22-14(10-13)6-8-19-22/h3-11H,1-2H3,(H,18,21). The van der Waals surface area contributed by atoms with Gasteiger partial charge in [-0.25, -0.2) is 14.2 Å². The maximum atomic E-state index is 4.60. The summed E-state index contributed by atoms with van der Waals surface area (Å²) < 4.78 is 3.70. The zero-order valence-corrected chi connectivity index (χ0v) is 12.9. The molecule has 0 aliphatic heterocycles. The number of rotatable bonds is 3. The van der Waals surface area contributed by atoms with Crippen molar-refractivity contribution < 1.29 is 0 Å². The Labute approximate surface area is 133 Å². The Balaban J connectivity index is 1.91. The number of pyridine rings is 2. The van der Waals surface area contributed by atoms with Gasteiger partial charge in [-0.2, -0.15) is 5.10 Å². The van der Waals surface area contributed by atoms with Crippen LogP contribution in [0.1, 0.15) is 5.69 Å². The molecule has 1 N–H and O–H groups in total. The second-order valence-electron chi connectivity index (χ2n) is 5.33. The second-order valence-corrected chi connectivity index (χ2v) is 5.33. The Morgan fingerprint density at radius 2 is 2.00 bits per heavy atom. The maximum absolute atomic E-state index is 4.60. The molecule has 4 heterocycles. The minimum Gasteiger partial charge on any atom is -0.372 e. The van der Waals surface area contributed by atoms with E-state index in [-0.39, 0.29) is 0 Å². The van der Waals surface area contributed by atoms with E-state index in [2.05, 4.69) is 26.6 Å². The third-order valence-corrected chi connectivity index (χ3v) is 3.75. The lowest BCUT2D eigenvalue weighted by molar-refractivity contribution is 0.849. The van der Waals surface area contributed by atoms with Crippen LogP contribution >= 0.6 is 0 Å². The zero-order valence-electron chi connectivity index (χ0n) is 12.9. The molecule has 0 atom stereocenters. The second kappa shape index (κ2) is 5.24. The first kappa shape index (κ1) is 13.5. The van der Waals surface area contributed by atoms with E-state index in [1.165, 1.54) is 0 Å². The van der Waals surface area contributed by atoms with Crippen molar-refractivity contribution in [1.29, 1.82) is 0 Å². The fraction of sp³-hybridized carbons (Fsp3) is 0.118. The van der Waals surface area contributed by atoms with E-state index in [4.69, 9.17) is 0 Å². The number of nitrogens with zero attached hydrogens (tertiary/aromatic N) is 5. The van der Waals surface area contributed by atoms with Gasteiger partial charge in [-0.3, -0.25) is 0 Å². The molecule has 0 fully saturated rings. The first-order chi connectivity index (χ1) is 11.2. The zero-order chi connectivity index (χ0) is 15.8. The average molecular weight is 304 g/mol. The van der Waals surface area contributed by atoms with Gasteiger partial charge in [0.15, 0.2) is 5.82 Å². The van der Waals surface area contributed by atoms with Crippen LogP contribution in [0, 0.1) is 6.92 Å². The van der Waals surface area contributed by atoms with Crippen LogP contribution in [0.3, 0.4) is 0 Å². The summed E-state index contributed by atoms with van der Waals surface area (Å²) in [7, 11) is 1.86. The summed E-state index contributed by atoms with van der Waals surface area (Å²) in [4.78, 5) is 4.58. The van der Waals surface area contributed by atoms with Gasteiger partial charge in [0.2, 0.25) is 0 Å². The molecule has 0 saturated carbocycles. The van der Waals surface area contributed by atoms with Crippen molar-refractivity contribution in [2.75, 3.05) is 12.4 Å². The molecule has 4 rings (SSSR count). The minimum absolute atomic E-state index is 0.801. The maximum Gasteiger partial charge on any atom is 0.154 e. The molecule has 0 spiro atoms. The molecular weight excluding hydrogens is 288 g/mol. The molecule has 4 aromatic heterocycles. The van der Waals surface area contributed by atoms with Crippen molar-refractivity contribution in [1.82, 2.24) is 24.4 Å². The Kier molecular flexibility index (Phi) is 3.08. The highest BCUT2D eigenvalue weighted by Crippen LogP contribution is 2.26. The number of anilines is 1. The summed E-state index contributed by atoms with van der Waals surface area (Å²) in [5, 5.41) is 11.9. The molecule has 114 valence electrons. The summed E-state index contributed by atoms with van der Waals surface area (Å²) in [6, 6.07) is 14.0. The van der Waals surface area contributed by atoms with E-state index in [1.807, 2.05) is 65.8 Å². The van der Waals surface area contributed by atoms with E-state index in [0.29, 0.717) is 0 Å². The van der Waals surface area contributed by atoms with E-state index >= 15 is 0 Å². The SMILES string of the molecule is CNc1cc(-c2ccn3nccc3c2)n(-c2cccc(C)n2)n1. The summed E-state index contributed by atoms with van der Waals surface area (Å²) >= 11 is 0. The van der Waals surface area contributed by atoms with Crippen LogP contribution < -0.4 is 5.32 Å². The number of aromatic nitrogens is 5. The van der Waals surface area contributed by atoms with E-state index < -0.39 is 0 Å². The van der Waals surface area contributed by atoms with Crippen LogP contribution in [0.5, 0.6) is 0 Å². The van der Waals surface area contributed by atoms with Gasteiger partial charge in [-0.15, -0.1) is 5.10 Å². The predicted molar refractivity (Wildman–Crippen MR) is 89.8 cm³/mol. The van der Waals surface area contributed by atoms with Crippen molar-refractivity contribution >= 4 is 11.3 Å². The van der Waals surface area contributed by atoms with Gasteiger partial charge in [0, 0.05) is 36.8 Å². The predicted octanol–water partition coefficient (Wildman–Crippen LogP) is 2.93. The van der Waals surface area contributed by atoms with Gasteiger partial charge in [0.1, 0.15) is 5.82 Å². The minimum atomic E-state index is 0.801. The molecule has 6 heteroatoms. The Bertz CT molecular complexity index is 982. The van der Waals surface area contributed by atoms with Gasteiger partial charge in [0.05, 0.1) is 11.2 Å². The van der Waals surface area contributed by atoms with Crippen molar-refractivity contribution in [2.24, 2.45) is 0 Å². The Hall–Kier alpha value is -3.15. The molecule has 0 aliphatic carbocycles. The fourth-order valence-electron chi connectivity index (χ4n) is 2.61. The van der Waals surface area contributed by atoms with Crippen LogP contribution in [0.15, 0.2) is 54.9 Å². The average Bonchev–Trinajstić information content (AvgIpc) is 3.20. The summed E-state index contributed by atoms with van der Waals surface area (Å²) in [5.74, 6) is 1.60. The van der Waals surface area contributed by atoms with Gasteiger partial charge >= 0.3 is 0 Å². The monoisotopic (exact) mass is 304 g/mol. The van der Waals surface area contributed by atoms with Crippen LogP contribution in [0.25, 0.3) is 22.6 Å². The summed E-state index contributed by atoms with van der Waals surface area (Å²) in [6.45, 7) is 1.98. The number of hydrogen-bond donors (Lipinski definition) is 1. The highest BCUT2D eigenvalue weighted by molar-refractivity contribution is 5.69. The Morgan fingerprint density at radius 3 is 2.83 bits per heavy atom. The van der Waals surface area contributed by atoms with Crippen LogP contribution in [0.4, 0.5) is 5.82 Å². The van der Waals surface area contributed by atoms with Gasteiger partial charge in [-0.05, 0) is 37.3 Å². The highest BCUT2D eigenvalue weighted by atomic mass is 15.3. The number of hydrogen-bond acceptors (Lipinski definition) is 4. The van der Waals surface area contributed by atoms with Crippen molar-refractivity contribution in [3.63, 3.8) is 0 Å². The number of nitrogens with one attached hydrogen (secondary N) is 1. The van der Waals surface area contributed by atoms with Gasteiger partial charge in [-0.1, -0.05) is 6.07 Å². The highest BCUT2D eigenvalue weighted by Gasteiger charge is 2.13. The van der Waals surface area contributed by atoms with E-state index in [0.717, 1.165) is 34.1 Å². The lowest BCUT2D eigenvalue weighted by Gasteiger charge is -2.07. The molecule has 0 unspecified atom stereocenters. The first-order valence-electron chi connectivity index (χ1n) is 7.40. The van der Waals surface area contributed by atoms with E-state index in [1.54, 1.807) is 6.20 Å². The Morgan fingerprint density at radius 1 is 1.09 bits per heavy atom. The third kappa shape index (κ3) is 2.34. The normalized spacial score (nSPS) is 11.0.